The van der Waals surface area contributed by atoms with Gasteiger partial charge < -0.3 is 20.5 Å². The molecule has 2 aromatic carbocycles. The second-order valence-electron chi connectivity index (χ2n) is 4.94. The highest BCUT2D eigenvalue weighted by Crippen LogP contribution is 2.28. The summed E-state index contributed by atoms with van der Waals surface area (Å²) in [6.45, 7) is 1.14. The molecule has 0 bridgehead atoms. The number of hydrogen-bond donors (Lipinski definition) is 2. The molecule has 0 unspecified atom stereocenters. The number of hydrogen-bond acceptors (Lipinski definition) is 4. The lowest BCUT2D eigenvalue weighted by Crippen LogP contribution is -2.20. The normalized spacial score (nSPS) is 10.3. The van der Waals surface area contributed by atoms with Crippen molar-refractivity contribution in [3.63, 3.8) is 0 Å². The second kappa shape index (κ2) is 8.41. The van der Waals surface area contributed by atoms with Crippen LogP contribution < -0.4 is 20.5 Å². The number of halogens is 1. The minimum absolute atomic E-state index is 0.180. The number of rotatable bonds is 8. The van der Waals surface area contributed by atoms with Gasteiger partial charge in [-0.05, 0) is 29.3 Å². The standard InChI is InChI=1S/C17H19ClN2O3/c1-22-16-8-12(6-7-15(16)23-11-17(19)21)9-20-10-13-4-2-3-5-14(13)18/h2-8,20H,9-11H2,1H3,(H2,19,21). The molecular weight excluding hydrogens is 316 g/mol. The summed E-state index contributed by atoms with van der Waals surface area (Å²) < 4.78 is 10.6. The van der Waals surface area contributed by atoms with Crippen molar-refractivity contribution in [1.29, 1.82) is 0 Å². The van der Waals surface area contributed by atoms with Crippen molar-refractivity contribution >= 4 is 17.5 Å². The van der Waals surface area contributed by atoms with Crippen molar-refractivity contribution in [2.24, 2.45) is 5.73 Å². The molecule has 0 saturated heterocycles. The van der Waals surface area contributed by atoms with E-state index in [1.54, 1.807) is 13.2 Å². The molecule has 0 heterocycles. The van der Waals surface area contributed by atoms with Gasteiger partial charge in [-0.2, -0.15) is 0 Å². The highest BCUT2D eigenvalue weighted by Gasteiger charge is 2.07. The Hall–Kier alpha value is -2.24. The lowest BCUT2D eigenvalue weighted by atomic mass is 10.2. The van der Waals surface area contributed by atoms with Gasteiger partial charge in [0.25, 0.3) is 5.91 Å². The molecule has 0 saturated carbocycles. The molecule has 0 aliphatic carbocycles. The van der Waals surface area contributed by atoms with E-state index >= 15 is 0 Å². The first-order valence-corrected chi connectivity index (χ1v) is 7.50. The van der Waals surface area contributed by atoms with Crippen molar-refractivity contribution in [1.82, 2.24) is 5.32 Å². The van der Waals surface area contributed by atoms with Gasteiger partial charge in [0.15, 0.2) is 18.1 Å². The van der Waals surface area contributed by atoms with Crippen molar-refractivity contribution in [3.05, 3.63) is 58.6 Å². The van der Waals surface area contributed by atoms with E-state index in [0.717, 1.165) is 16.1 Å². The minimum atomic E-state index is -0.530. The van der Waals surface area contributed by atoms with Crippen molar-refractivity contribution in [2.45, 2.75) is 13.1 Å². The molecule has 0 aromatic heterocycles. The summed E-state index contributed by atoms with van der Waals surface area (Å²) in [5.41, 5.74) is 7.14. The van der Waals surface area contributed by atoms with E-state index in [9.17, 15) is 4.79 Å². The molecular formula is C17H19ClN2O3. The first kappa shape index (κ1) is 17.1. The summed E-state index contributed by atoms with van der Waals surface area (Å²) in [6, 6.07) is 13.2. The van der Waals surface area contributed by atoms with Gasteiger partial charge >= 0.3 is 0 Å². The second-order valence-corrected chi connectivity index (χ2v) is 5.34. The Morgan fingerprint density at radius 2 is 1.96 bits per heavy atom. The van der Waals surface area contributed by atoms with Gasteiger partial charge in [-0.25, -0.2) is 0 Å². The van der Waals surface area contributed by atoms with Gasteiger partial charge in [-0.3, -0.25) is 4.79 Å². The fourth-order valence-corrected chi connectivity index (χ4v) is 2.28. The van der Waals surface area contributed by atoms with Crippen LogP contribution in [0.5, 0.6) is 11.5 Å². The van der Waals surface area contributed by atoms with Crippen LogP contribution in [-0.4, -0.2) is 19.6 Å². The topological polar surface area (TPSA) is 73.6 Å². The maximum absolute atomic E-state index is 10.8. The van der Waals surface area contributed by atoms with Crippen LogP contribution in [0.25, 0.3) is 0 Å². The van der Waals surface area contributed by atoms with Gasteiger partial charge in [0, 0.05) is 18.1 Å². The average molecular weight is 335 g/mol. The number of amides is 1. The fourth-order valence-electron chi connectivity index (χ4n) is 2.07. The predicted molar refractivity (Wildman–Crippen MR) is 89.7 cm³/mol. The van der Waals surface area contributed by atoms with E-state index in [2.05, 4.69) is 5.32 Å². The van der Waals surface area contributed by atoms with E-state index in [4.69, 9.17) is 26.8 Å². The summed E-state index contributed by atoms with van der Waals surface area (Å²) >= 11 is 6.12. The lowest BCUT2D eigenvalue weighted by molar-refractivity contribution is -0.119. The average Bonchev–Trinajstić information content (AvgIpc) is 2.55. The van der Waals surface area contributed by atoms with Crippen molar-refractivity contribution in [3.8, 4) is 11.5 Å². The Bertz CT molecular complexity index is 677. The SMILES string of the molecule is COc1cc(CNCc2ccccc2Cl)ccc1OCC(N)=O. The first-order valence-electron chi connectivity index (χ1n) is 7.12. The molecule has 0 aliphatic rings. The van der Waals surface area contributed by atoms with Gasteiger partial charge in [-0.15, -0.1) is 0 Å². The first-order chi connectivity index (χ1) is 11.1. The van der Waals surface area contributed by atoms with Crippen LogP contribution in [0.3, 0.4) is 0 Å². The highest BCUT2D eigenvalue weighted by molar-refractivity contribution is 6.31. The number of benzene rings is 2. The molecule has 23 heavy (non-hydrogen) atoms. The van der Waals surface area contributed by atoms with Crippen LogP contribution in [0.15, 0.2) is 42.5 Å². The molecule has 3 N–H and O–H groups in total. The highest BCUT2D eigenvalue weighted by atomic mass is 35.5. The summed E-state index contributed by atoms with van der Waals surface area (Å²) in [6.07, 6.45) is 0. The number of carbonyl (C=O) groups is 1. The fraction of sp³-hybridized carbons (Fsp3) is 0.235. The smallest absolute Gasteiger partial charge is 0.255 e. The van der Waals surface area contributed by atoms with Crippen LogP contribution in [0.1, 0.15) is 11.1 Å². The number of carbonyl (C=O) groups excluding carboxylic acids is 1. The molecule has 0 radical (unpaired) electrons. The molecule has 0 aliphatic heterocycles. The molecule has 6 heteroatoms. The van der Waals surface area contributed by atoms with Crippen molar-refractivity contribution < 1.29 is 14.3 Å². The monoisotopic (exact) mass is 334 g/mol. The molecule has 1 amide bonds. The van der Waals surface area contributed by atoms with Crippen LogP contribution in [0.2, 0.25) is 5.02 Å². The quantitative estimate of drug-likeness (QED) is 0.778. The maximum Gasteiger partial charge on any atom is 0.255 e. The van der Waals surface area contributed by atoms with E-state index in [-0.39, 0.29) is 6.61 Å². The van der Waals surface area contributed by atoms with Gasteiger partial charge in [-0.1, -0.05) is 35.9 Å². The van der Waals surface area contributed by atoms with Crippen LogP contribution in [-0.2, 0) is 17.9 Å². The molecule has 2 aromatic rings. The third kappa shape index (κ3) is 5.16. The molecule has 0 fully saturated rings. The zero-order valence-electron chi connectivity index (χ0n) is 12.8. The summed E-state index contributed by atoms with van der Waals surface area (Å²) in [5.74, 6) is 0.516. The van der Waals surface area contributed by atoms with E-state index in [0.29, 0.717) is 24.6 Å². The molecule has 122 valence electrons. The Morgan fingerprint density at radius 1 is 1.17 bits per heavy atom. The van der Waals surface area contributed by atoms with Crippen molar-refractivity contribution in [2.75, 3.05) is 13.7 Å². The zero-order valence-corrected chi connectivity index (χ0v) is 13.6. The Labute approximate surface area is 140 Å². The maximum atomic E-state index is 10.8. The van der Waals surface area contributed by atoms with Gasteiger partial charge in [0.2, 0.25) is 0 Å². The number of primary amides is 1. The van der Waals surface area contributed by atoms with E-state index in [1.807, 2.05) is 36.4 Å². The number of methoxy groups -OCH3 is 1. The Kier molecular flexibility index (Phi) is 6.26. The van der Waals surface area contributed by atoms with E-state index in [1.165, 1.54) is 0 Å². The van der Waals surface area contributed by atoms with Crippen LogP contribution in [0.4, 0.5) is 0 Å². The summed E-state index contributed by atoms with van der Waals surface area (Å²) in [7, 11) is 1.55. The van der Waals surface area contributed by atoms with Gasteiger partial charge in [0.05, 0.1) is 7.11 Å². The third-order valence-electron chi connectivity index (χ3n) is 3.20. The largest absolute Gasteiger partial charge is 0.493 e. The van der Waals surface area contributed by atoms with Crippen LogP contribution in [0, 0.1) is 0 Å². The molecule has 0 spiro atoms. The number of nitrogens with two attached hydrogens (primary N) is 1. The summed E-state index contributed by atoms with van der Waals surface area (Å²) in [5, 5.41) is 4.07. The molecule has 5 nitrogen and oxygen atoms in total. The number of nitrogens with one attached hydrogen (secondary N) is 1. The predicted octanol–water partition coefficient (Wildman–Crippen LogP) is 2.50. The third-order valence-corrected chi connectivity index (χ3v) is 3.57. The zero-order chi connectivity index (χ0) is 16.7. The lowest BCUT2D eigenvalue weighted by Gasteiger charge is -2.12. The Morgan fingerprint density at radius 3 is 2.65 bits per heavy atom. The van der Waals surface area contributed by atoms with Crippen LogP contribution >= 0.6 is 11.6 Å². The Balaban J connectivity index is 1.95. The summed E-state index contributed by atoms with van der Waals surface area (Å²) in [4.78, 5) is 10.8. The minimum Gasteiger partial charge on any atom is -0.493 e. The molecule has 0 atom stereocenters. The molecule has 2 rings (SSSR count). The van der Waals surface area contributed by atoms with E-state index < -0.39 is 5.91 Å². The van der Waals surface area contributed by atoms with Gasteiger partial charge in [0.1, 0.15) is 0 Å². The number of ether oxygens (including phenoxy) is 2.